The molecule has 0 aliphatic heterocycles. The highest BCUT2D eigenvalue weighted by Gasteiger charge is 2.10. The van der Waals surface area contributed by atoms with Crippen molar-refractivity contribution >= 4 is 31.9 Å². The van der Waals surface area contributed by atoms with E-state index in [-0.39, 0.29) is 6.04 Å². The lowest BCUT2D eigenvalue weighted by molar-refractivity contribution is 0.405. The molecule has 0 saturated heterocycles. The van der Waals surface area contributed by atoms with Gasteiger partial charge in [-0.2, -0.15) is 0 Å². The van der Waals surface area contributed by atoms with Crippen LogP contribution < -0.4 is 10.5 Å². The van der Waals surface area contributed by atoms with Crippen molar-refractivity contribution in [2.45, 2.75) is 19.4 Å². The molecule has 4 heteroatoms. The molecule has 14 heavy (non-hydrogen) atoms. The van der Waals surface area contributed by atoms with Crippen molar-refractivity contribution in [1.29, 1.82) is 0 Å². The molecule has 2 N–H and O–H groups in total. The fourth-order valence-electron chi connectivity index (χ4n) is 1.34. The van der Waals surface area contributed by atoms with Gasteiger partial charge in [-0.3, -0.25) is 0 Å². The third-order valence-corrected chi connectivity index (χ3v) is 2.88. The average Bonchev–Trinajstić information content (AvgIpc) is 2.01. The summed E-state index contributed by atoms with van der Waals surface area (Å²) in [6, 6.07) is 4.13. The van der Waals surface area contributed by atoms with Crippen molar-refractivity contribution in [1.82, 2.24) is 0 Å². The summed E-state index contributed by atoms with van der Waals surface area (Å²) < 4.78 is 7.29. The Morgan fingerprint density at radius 1 is 1.43 bits per heavy atom. The van der Waals surface area contributed by atoms with Gasteiger partial charge in [0.05, 0.1) is 11.6 Å². The van der Waals surface area contributed by atoms with Crippen LogP contribution in [0.2, 0.25) is 0 Å². The molecule has 0 amide bonds. The van der Waals surface area contributed by atoms with Gasteiger partial charge in [-0.1, -0.05) is 15.9 Å². The minimum absolute atomic E-state index is 0.130. The lowest BCUT2D eigenvalue weighted by Crippen LogP contribution is -2.18. The Hall–Kier alpha value is -0.0600. The van der Waals surface area contributed by atoms with E-state index in [0.717, 1.165) is 26.7 Å². The van der Waals surface area contributed by atoms with Crippen LogP contribution in [-0.2, 0) is 6.42 Å². The van der Waals surface area contributed by atoms with Crippen molar-refractivity contribution in [3.8, 4) is 5.75 Å². The Bertz CT molecular complexity index is 326. The molecule has 0 radical (unpaired) electrons. The number of hydrogen-bond donors (Lipinski definition) is 1. The van der Waals surface area contributed by atoms with E-state index in [0.29, 0.717) is 0 Å². The van der Waals surface area contributed by atoms with Crippen molar-refractivity contribution in [2.24, 2.45) is 5.73 Å². The Morgan fingerprint density at radius 2 is 2.07 bits per heavy atom. The van der Waals surface area contributed by atoms with Crippen LogP contribution in [0.25, 0.3) is 0 Å². The molecule has 0 fully saturated rings. The van der Waals surface area contributed by atoms with Gasteiger partial charge in [0.1, 0.15) is 5.75 Å². The van der Waals surface area contributed by atoms with Crippen molar-refractivity contribution in [3.63, 3.8) is 0 Å². The standard InChI is InChI=1S/C10H13Br2NO/c1-6(13)3-7-4-8(11)5-9(12)10(7)14-2/h4-6H,3,13H2,1-2H3. The molecular formula is C10H13Br2NO. The third kappa shape index (κ3) is 2.97. The van der Waals surface area contributed by atoms with Crippen LogP contribution >= 0.6 is 31.9 Å². The zero-order chi connectivity index (χ0) is 10.7. The van der Waals surface area contributed by atoms with E-state index in [4.69, 9.17) is 10.5 Å². The lowest BCUT2D eigenvalue weighted by atomic mass is 10.1. The topological polar surface area (TPSA) is 35.2 Å². The molecular weight excluding hydrogens is 310 g/mol. The molecule has 0 aromatic heterocycles. The van der Waals surface area contributed by atoms with Crippen LogP contribution in [0.5, 0.6) is 5.75 Å². The van der Waals surface area contributed by atoms with Crippen molar-refractivity contribution in [2.75, 3.05) is 7.11 Å². The number of methoxy groups -OCH3 is 1. The Balaban J connectivity index is 3.11. The van der Waals surface area contributed by atoms with E-state index in [1.54, 1.807) is 7.11 Å². The van der Waals surface area contributed by atoms with Gasteiger partial charge in [0.15, 0.2) is 0 Å². The first-order chi connectivity index (χ1) is 6.54. The number of halogens is 2. The van der Waals surface area contributed by atoms with Crippen LogP contribution in [0.1, 0.15) is 12.5 Å². The van der Waals surface area contributed by atoms with Gasteiger partial charge in [0.25, 0.3) is 0 Å². The van der Waals surface area contributed by atoms with Crippen LogP contribution in [-0.4, -0.2) is 13.2 Å². The van der Waals surface area contributed by atoms with Gasteiger partial charge < -0.3 is 10.5 Å². The maximum absolute atomic E-state index is 5.76. The highest BCUT2D eigenvalue weighted by molar-refractivity contribution is 9.11. The number of nitrogens with two attached hydrogens (primary N) is 1. The second-order valence-corrected chi connectivity index (χ2v) is 5.03. The maximum Gasteiger partial charge on any atom is 0.136 e. The van der Waals surface area contributed by atoms with Crippen LogP contribution in [0.4, 0.5) is 0 Å². The Morgan fingerprint density at radius 3 is 2.57 bits per heavy atom. The first kappa shape index (κ1) is 12.0. The van der Waals surface area contributed by atoms with Crippen LogP contribution in [0, 0.1) is 0 Å². The fourth-order valence-corrected chi connectivity index (χ4v) is 2.82. The molecule has 1 atom stereocenters. The number of hydrogen-bond acceptors (Lipinski definition) is 2. The van der Waals surface area contributed by atoms with Crippen molar-refractivity contribution < 1.29 is 4.74 Å². The van der Waals surface area contributed by atoms with Crippen molar-refractivity contribution in [3.05, 3.63) is 26.6 Å². The first-order valence-electron chi connectivity index (χ1n) is 4.32. The Labute approximate surface area is 101 Å². The molecule has 0 spiro atoms. The predicted octanol–water partition coefficient (Wildman–Crippen LogP) is 3.11. The highest BCUT2D eigenvalue weighted by atomic mass is 79.9. The monoisotopic (exact) mass is 321 g/mol. The highest BCUT2D eigenvalue weighted by Crippen LogP contribution is 2.33. The summed E-state index contributed by atoms with van der Waals surface area (Å²) in [6.45, 7) is 1.98. The van der Waals surface area contributed by atoms with E-state index in [9.17, 15) is 0 Å². The van der Waals surface area contributed by atoms with Crippen LogP contribution in [0.3, 0.4) is 0 Å². The smallest absolute Gasteiger partial charge is 0.136 e. The Kier molecular flexibility index (Phi) is 4.41. The molecule has 0 saturated carbocycles. The summed E-state index contributed by atoms with van der Waals surface area (Å²) in [7, 11) is 1.67. The van der Waals surface area contributed by atoms with E-state index in [1.807, 2.05) is 19.1 Å². The molecule has 1 unspecified atom stereocenters. The molecule has 1 aromatic rings. The number of rotatable bonds is 3. The van der Waals surface area contributed by atoms with E-state index < -0.39 is 0 Å². The summed E-state index contributed by atoms with van der Waals surface area (Å²) in [5.74, 6) is 0.866. The zero-order valence-corrected chi connectivity index (χ0v) is 11.4. The zero-order valence-electron chi connectivity index (χ0n) is 8.18. The van der Waals surface area contributed by atoms with E-state index in [2.05, 4.69) is 31.9 Å². The van der Waals surface area contributed by atoms with Gasteiger partial charge in [0, 0.05) is 10.5 Å². The second kappa shape index (κ2) is 5.14. The molecule has 78 valence electrons. The molecule has 0 aliphatic rings. The minimum atomic E-state index is 0.130. The lowest BCUT2D eigenvalue weighted by Gasteiger charge is -2.12. The number of ether oxygens (including phenoxy) is 1. The SMILES string of the molecule is COc1c(Br)cc(Br)cc1CC(C)N. The van der Waals surface area contributed by atoms with Gasteiger partial charge >= 0.3 is 0 Å². The largest absolute Gasteiger partial charge is 0.495 e. The molecule has 0 heterocycles. The quantitative estimate of drug-likeness (QED) is 0.928. The van der Waals surface area contributed by atoms with Gasteiger partial charge in [-0.15, -0.1) is 0 Å². The van der Waals surface area contributed by atoms with Gasteiger partial charge in [-0.05, 0) is 47.0 Å². The minimum Gasteiger partial charge on any atom is -0.495 e. The van der Waals surface area contributed by atoms with Crippen LogP contribution in [0.15, 0.2) is 21.1 Å². The first-order valence-corrected chi connectivity index (χ1v) is 5.90. The van der Waals surface area contributed by atoms with E-state index in [1.165, 1.54) is 0 Å². The maximum atomic E-state index is 5.76. The van der Waals surface area contributed by atoms with E-state index >= 15 is 0 Å². The summed E-state index contributed by atoms with van der Waals surface area (Å²) in [5.41, 5.74) is 6.88. The normalized spacial score (nSPS) is 12.6. The third-order valence-electron chi connectivity index (χ3n) is 1.83. The predicted molar refractivity (Wildman–Crippen MR) is 65.7 cm³/mol. The fraction of sp³-hybridized carbons (Fsp3) is 0.400. The molecule has 1 rings (SSSR count). The summed E-state index contributed by atoms with van der Waals surface area (Å²) in [4.78, 5) is 0. The molecule has 1 aromatic carbocycles. The molecule has 0 aliphatic carbocycles. The number of benzene rings is 1. The summed E-state index contributed by atoms with van der Waals surface area (Å²) >= 11 is 6.89. The molecule has 0 bridgehead atoms. The summed E-state index contributed by atoms with van der Waals surface area (Å²) in [5, 5.41) is 0. The summed E-state index contributed by atoms with van der Waals surface area (Å²) in [6.07, 6.45) is 0.807. The molecule has 2 nitrogen and oxygen atoms in total. The van der Waals surface area contributed by atoms with Gasteiger partial charge in [-0.25, -0.2) is 0 Å². The average molecular weight is 323 g/mol. The van der Waals surface area contributed by atoms with Gasteiger partial charge in [0.2, 0.25) is 0 Å². The second-order valence-electron chi connectivity index (χ2n) is 3.26.